The Morgan fingerprint density at radius 2 is 1.93 bits per heavy atom. The number of rotatable bonds is 7. The predicted molar refractivity (Wildman–Crippen MR) is 110 cm³/mol. The molecule has 2 amide bonds. The molecule has 8 nitrogen and oxygen atoms in total. The minimum Gasteiger partial charge on any atom is -0.347 e. The molecule has 0 radical (unpaired) electrons. The smallest absolute Gasteiger partial charge is 0.258 e. The number of anilines is 1. The lowest BCUT2D eigenvalue weighted by Gasteiger charge is -2.00. The summed E-state index contributed by atoms with van der Waals surface area (Å²) in [6, 6.07) is 11.2. The Hall–Kier alpha value is -3.37. The first-order valence-corrected chi connectivity index (χ1v) is 10.4. The van der Waals surface area contributed by atoms with Gasteiger partial charge in [-0.05, 0) is 11.4 Å². The average Bonchev–Trinajstić information content (AvgIpc) is 3.49. The van der Waals surface area contributed by atoms with E-state index in [-0.39, 0.29) is 24.8 Å². The van der Waals surface area contributed by atoms with Crippen molar-refractivity contribution in [3.05, 3.63) is 69.7 Å². The van der Waals surface area contributed by atoms with Crippen LogP contribution in [0.15, 0.2) is 57.1 Å². The Labute approximate surface area is 173 Å². The second-order valence-electron chi connectivity index (χ2n) is 5.94. The SMILES string of the molecule is O=C(Cc1csc(NC(=O)c2ccsc2)n1)NCc1nc(-c2ccccc2)no1. The molecule has 0 aliphatic carbocycles. The van der Waals surface area contributed by atoms with Gasteiger partial charge in [-0.25, -0.2) is 4.98 Å². The zero-order valence-corrected chi connectivity index (χ0v) is 16.6. The van der Waals surface area contributed by atoms with Gasteiger partial charge in [-0.15, -0.1) is 11.3 Å². The van der Waals surface area contributed by atoms with Crippen molar-refractivity contribution in [2.45, 2.75) is 13.0 Å². The van der Waals surface area contributed by atoms with Crippen molar-refractivity contribution in [2.75, 3.05) is 5.32 Å². The maximum Gasteiger partial charge on any atom is 0.258 e. The topological polar surface area (TPSA) is 110 Å². The minimum atomic E-state index is -0.231. The maximum absolute atomic E-state index is 12.2. The summed E-state index contributed by atoms with van der Waals surface area (Å²) in [7, 11) is 0. The number of hydrogen-bond donors (Lipinski definition) is 2. The molecule has 146 valence electrons. The van der Waals surface area contributed by atoms with Crippen LogP contribution in [0.5, 0.6) is 0 Å². The van der Waals surface area contributed by atoms with Crippen LogP contribution in [-0.4, -0.2) is 26.9 Å². The Kier molecular flexibility index (Phi) is 5.73. The molecule has 0 aliphatic heterocycles. The first-order chi connectivity index (χ1) is 14.2. The van der Waals surface area contributed by atoms with Gasteiger partial charge in [0.2, 0.25) is 17.6 Å². The highest BCUT2D eigenvalue weighted by molar-refractivity contribution is 7.14. The molecule has 2 N–H and O–H groups in total. The van der Waals surface area contributed by atoms with E-state index in [2.05, 4.69) is 25.8 Å². The van der Waals surface area contributed by atoms with E-state index in [4.69, 9.17) is 4.52 Å². The number of amides is 2. The Morgan fingerprint density at radius 3 is 2.72 bits per heavy atom. The van der Waals surface area contributed by atoms with Crippen molar-refractivity contribution < 1.29 is 14.1 Å². The Morgan fingerprint density at radius 1 is 1.07 bits per heavy atom. The molecule has 3 heterocycles. The second kappa shape index (κ2) is 8.76. The fourth-order valence-electron chi connectivity index (χ4n) is 2.44. The van der Waals surface area contributed by atoms with Gasteiger partial charge in [0, 0.05) is 16.3 Å². The van der Waals surface area contributed by atoms with Crippen LogP contribution in [0.4, 0.5) is 5.13 Å². The molecule has 4 aromatic rings. The number of carbonyl (C=O) groups is 2. The molecule has 29 heavy (non-hydrogen) atoms. The summed E-state index contributed by atoms with van der Waals surface area (Å²) in [5.41, 5.74) is 2.00. The highest BCUT2D eigenvalue weighted by atomic mass is 32.1. The summed E-state index contributed by atoms with van der Waals surface area (Å²) in [5.74, 6) is 0.340. The van der Waals surface area contributed by atoms with Crippen LogP contribution in [0.3, 0.4) is 0 Å². The largest absolute Gasteiger partial charge is 0.347 e. The van der Waals surface area contributed by atoms with E-state index in [0.717, 1.165) is 5.56 Å². The van der Waals surface area contributed by atoms with Gasteiger partial charge in [-0.1, -0.05) is 35.5 Å². The number of hydrogen-bond acceptors (Lipinski definition) is 8. The van der Waals surface area contributed by atoms with Crippen LogP contribution < -0.4 is 10.6 Å². The lowest BCUT2D eigenvalue weighted by Crippen LogP contribution is -2.24. The van der Waals surface area contributed by atoms with E-state index < -0.39 is 0 Å². The van der Waals surface area contributed by atoms with Crippen LogP contribution >= 0.6 is 22.7 Å². The number of thiazole rings is 1. The van der Waals surface area contributed by atoms with Crippen molar-refractivity contribution >= 4 is 39.6 Å². The van der Waals surface area contributed by atoms with E-state index in [1.54, 1.807) is 16.8 Å². The van der Waals surface area contributed by atoms with Gasteiger partial charge in [0.1, 0.15) is 0 Å². The Balaban J connectivity index is 1.28. The standard InChI is InChI=1S/C19H15N5O3S2/c25-15(20-9-16-22-17(24-27-16)12-4-2-1-3-5-12)8-14-11-29-19(21-14)23-18(26)13-6-7-28-10-13/h1-7,10-11H,8-9H2,(H,20,25)(H,21,23,26). The van der Waals surface area contributed by atoms with Crippen molar-refractivity contribution in [2.24, 2.45) is 0 Å². The lowest BCUT2D eigenvalue weighted by molar-refractivity contribution is -0.120. The van der Waals surface area contributed by atoms with Crippen LogP contribution in [0.25, 0.3) is 11.4 Å². The number of aromatic nitrogens is 3. The van der Waals surface area contributed by atoms with Crippen LogP contribution in [0.1, 0.15) is 21.9 Å². The molecule has 0 fully saturated rings. The summed E-state index contributed by atoms with van der Waals surface area (Å²) in [6.07, 6.45) is 0.0878. The number of nitrogens with one attached hydrogen (secondary N) is 2. The van der Waals surface area contributed by atoms with Gasteiger partial charge in [-0.3, -0.25) is 14.9 Å². The number of carbonyl (C=O) groups excluding carboxylic acids is 2. The molecule has 0 saturated carbocycles. The van der Waals surface area contributed by atoms with E-state index in [1.165, 1.54) is 22.7 Å². The maximum atomic E-state index is 12.2. The highest BCUT2D eigenvalue weighted by Crippen LogP contribution is 2.18. The lowest BCUT2D eigenvalue weighted by atomic mass is 10.2. The number of nitrogens with zero attached hydrogens (tertiary/aromatic N) is 3. The molecule has 3 aromatic heterocycles. The van der Waals surface area contributed by atoms with Gasteiger partial charge in [0.05, 0.1) is 24.2 Å². The van der Waals surface area contributed by atoms with E-state index in [0.29, 0.717) is 28.1 Å². The normalized spacial score (nSPS) is 10.6. The molecule has 0 bridgehead atoms. The van der Waals surface area contributed by atoms with Crippen LogP contribution in [0, 0.1) is 0 Å². The van der Waals surface area contributed by atoms with Gasteiger partial charge in [-0.2, -0.15) is 16.3 Å². The molecule has 0 unspecified atom stereocenters. The Bertz CT molecular complexity index is 1110. The predicted octanol–water partition coefficient (Wildman–Crippen LogP) is 3.37. The van der Waals surface area contributed by atoms with Crippen molar-refractivity contribution in [3.8, 4) is 11.4 Å². The highest BCUT2D eigenvalue weighted by Gasteiger charge is 2.13. The zero-order chi connectivity index (χ0) is 20.1. The molecule has 0 aliphatic rings. The number of benzene rings is 1. The van der Waals surface area contributed by atoms with Gasteiger partial charge in [0.25, 0.3) is 5.91 Å². The molecular weight excluding hydrogens is 410 g/mol. The molecule has 10 heteroatoms. The summed E-state index contributed by atoms with van der Waals surface area (Å²) in [4.78, 5) is 32.7. The first-order valence-electron chi connectivity index (χ1n) is 8.60. The summed E-state index contributed by atoms with van der Waals surface area (Å²) in [5, 5.41) is 15.2. The first kappa shape index (κ1) is 19.0. The van der Waals surface area contributed by atoms with Crippen molar-refractivity contribution in [3.63, 3.8) is 0 Å². The third-order valence-electron chi connectivity index (χ3n) is 3.83. The van der Waals surface area contributed by atoms with Gasteiger partial charge < -0.3 is 9.84 Å². The molecule has 0 spiro atoms. The quantitative estimate of drug-likeness (QED) is 0.470. The van der Waals surface area contributed by atoms with Gasteiger partial charge >= 0.3 is 0 Å². The van der Waals surface area contributed by atoms with Crippen LogP contribution in [-0.2, 0) is 17.8 Å². The van der Waals surface area contributed by atoms with E-state index in [9.17, 15) is 9.59 Å². The summed E-state index contributed by atoms with van der Waals surface area (Å²) in [6.45, 7) is 0.130. The van der Waals surface area contributed by atoms with Crippen molar-refractivity contribution in [1.82, 2.24) is 20.4 Å². The molecule has 1 aromatic carbocycles. The molecule has 0 atom stereocenters. The van der Waals surface area contributed by atoms with Crippen LogP contribution in [0.2, 0.25) is 0 Å². The fraction of sp³-hybridized carbons (Fsp3) is 0.105. The fourth-order valence-corrected chi connectivity index (χ4v) is 3.78. The summed E-state index contributed by atoms with van der Waals surface area (Å²) >= 11 is 2.72. The zero-order valence-electron chi connectivity index (χ0n) is 15.0. The third-order valence-corrected chi connectivity index (χ3v) is 5.32. The van der Waals surface area contributed by atoms with E-state index >= 15 is 0 Å². The average molecular weight is 425 g/mol. The second-order valence-corrected chi connectivity index (χ2v) is 7.58. The van der Waals surface area contributed by atoms with E-state index in [1.807, 2.05) is 35.7 Å². The molecule has 4 rings (SSSR count). The monoisotopic (exact) mass is 425 g/mol. The van der Waals surface area contributed by atoms with Gasteiger partial charge in [0.15, 0.2) is 5.13 Å². The third kappa shape index (κ3) is 4.92. The molecule has 0 saturated heterocycles. The molecular formula is C19H15N5O3S2. The van der Waals surface area contributed by atoms with Crippen molar-refractivity contribution in [1.29, 1.82) is 0 Å². The summed E-state index contributed by atoms with van der Waals surface area (Å²) < 4.78 is 5.17. The number of thiophene rings is 1. The minimum absolute atomic E-state index is 0.0878.